The molecule has 2 aromatic carbocycles. The van der Waals surface area contributed by atoms with Crippen molar-refractivity contribution >= 4 is 5.91 Å². The number of H-pyrrole nitrogens is 1. The first-order valence-corrected chi connectivity index (χ1v) is 12.1. The first-order valence-electron chi connectivity index (χ1n) is 12.1. The van der Waals surface area contributed by atoms with Crippen molar-refractivity contribution in [2.24, 2.45) is 0 Å². The Kier molecular flexibility index (Phi) is 6.69. The molecule has 2 heterocycles. The molecule has 0 aliphatic carbocycles. The number of benzene rings is 2. The summed E-state index contributed by atoms with van der Waals surface area (Å²) >= 11 is 0. The summed E-state index contributed by atoms with van der Waals surface area (Å²) in [4.78, 5) is 15.5. The number of carbonyl (C=O) groups excluding carboxylic acids is 1. The van der Waals surface area contributed by atoms with Crippen LogP contribution in [0.3, 0.4) is 0 Å². The van der Waals surface area contributed by atoms with Crippen LogP contribution < -0.4 is 9.47 Å². The number of carbonyl (C=O) groups is 1. The van der Waals surface area contributed by atoms with E-state index in [4.69, 9.17) is 9.47 Å². The lowest BCUT2D eigenvalue weighted by atomic mass is 9.93. The largest absolute Gasteiger partial charge is 0.490 e. The van der Waals surface area contributed by atoms with Gasteiger partial charge in [-0.05, 0) is 58.7 Å². The fourth-order valence-electron chi connectivity index (χ4n) is 4.49. The first-order chi connectivity index (χ1) is 16.3. The van der Waals surface area contributed by atoms with E-state index in [-0.39, 0.29) is 11.9 Å². The quantitative estimate of drug-likeness (QED) is 0.399. The number of amides is 1. The molecule has 0 fully saturated rings. The molecule has 1 N–H and O–H groups in total. The number of ether oxygens (including phenoxy) is 2. The van der Waals surface area contributed by atoms with Crippen LogP contribution in [0.1, 0.15) is 80.7 Å². The van der Waals surface area contributed by atoms with E-state index >= 15 is 0 Å². The molecule has 0 spiro atoms. The average Bonchev–Trinajstić information content (AvgIpc) is 3.34. The van der Waals surface area contributed by atoms with Crippen LogP contribution in [0.4, 0.5) is 0 Å². The highest BCUT2D eigenvalue weighted by molar-refractivity contribution is 6.00. The molecule has 3 aromatic rings. The Morgan fingerprint density at radius 2 is 1.76 bits per heavy atom. The van der Waals surface area contributed by atoms with Crippen molar-refractivity contribution in [3.63, 3.8) is 0 Å². The van der Waals surface area contributed by atoms with Crippen molar-refractivity contribution in [3.05, 3.63) is 64.8 Å². The highest BCUT2D eigenvalue weighted by Crippen LogP contribution is 2.47. The summed E-state index contributed by atoms with van der Waals surface area (Å²) in [6.45, 7) is 13.5. The van der Waals surface area contributed by atoms with Gasteiger partial charge in [0.15, 0.2) is 11.5 Å². The average molecular weight is 462 g/mol. The maximum atomic E-state index is 13.6. The van der Waals surface area contributed by atoms with Gasteiger partial charge in [0.1, 0.15) is 5.69 Å². The molecular weight excluding hydrogens is 426 g/mol. The van der Waals surface area contributed by atoms with Crippen molar-refractivity contribution in [2.45, 2.75) is 66.0 Å². The van der Waals surface area contributed by atoms with Gasteiger partial charge < -0.3 is 14.4 Å². The van der Waals surface area contributed by atoms with Crippen molar-refractivity contribution in [2.75, 3.05) is 13.2 Å². The zero-order valence-electron chi connectivity index (χ0n) is 21.1. The molecule has 1 unspecified atom stereocenters. The van der Waals surface area contributed by atoms with Crippen molar-refractivity contribution in [1.29, 1.82) is 0 Å². The molecule has 4 rings (SSSR count). The van der Waals surface area contributed by atoms with Crippen molar-refractivity contribution in [1.82, 2.24) is 15.1 Å². The summed E-state index contributed by atoms with van der Waals surface area (Å²) in [7, 11) is 0. The monoisotopic (exact) mass is 461 g/mol. The molecule has 1 atom stereocenters. The van der Waals surface area contributed by atoms with E-state index in [1.165, 1.54) is 5.56 Å². The molecule has 6 heteroatoms. The zero-order chi connectivity index (χ0) is 24.5. The number of rotatable bonds is 8. The minimum absolute atomic E-state index is 0.0420. The van der Waals surface area contributed by atoms with Crippen LogP contribution in [0, 0.1) is 6.92 Å². The van der Waals surface area contributed by atoms with Gasteiger partial charge in [-0.25, -0.2) is 0 Å². The third kappa shape index (κ3) is 4.41. The summed E-state index contributed by atoms with van der Waals surface area (Å²) in [5.41, 5.74) is 5.02. The van der Waals surface area contributed by atoms with Crippen molar-refractivity contribution in [3.8, 4) is 22.8 Å². The minimum Gasteiger partial charge on any atom is -0.490 e. The Labute approximate surface area is 202 Å². The number of aromatic amines is 1. The first kappa shape index (κ1) is 23.9. The van der Waals surface area contributed by atoms with E-state index in [0.717, 1.165) is 41.0 Å². The highest BCUT2D eigenvalue weighted by atomic mass is 16.5. The number of aryl methyl sites for hydroxylation is 1. The fourth-order valence-corrected chi connectivity index (χ4v) is 4.49. The molecule has 1 aliphatic rings. The van der Waals surface area contributed by atoms with E-state index in [2.05, 4.69) is 69.1 Å². The van der Waals surface area contributed by atoms with Gasteiger partial charge >= 0.3 is 0 Å². The molecule has 1 amide bonds. The Bertz CT molecular complexity index is 1160. The molecule has 1 aliphatic heterocycles. The van der Waals surface area contributed by atoms with Gasteiger partial charge in [-0.3, -0.25) is 9.89 Å². The molecule has 34 heavy (non-hydrogen) atoms. The van der Waals surface area contributed by atoms with Gasteiger partial charge in [-0.2, -0.15) is 5.10 Å². The SMILES string of the molecule is CCCCOc1ccc(C2c3c(-c4ccc(C)cc4)n[nH]c3C(=O)N2C(C)(C)C)cc1OCC. The predicted octanol–water partition coefficient (Wildman–Crippen LogP) is 6.31. The van der Waals surface area contributed by atoms with Crippen LogP contribution in [0.5, 0.6) is 11.5 Å². The maximum Gasteiger partial charge on any atom is 0.273 e. The van der Waals surface area contributed by atoms with Gasteiger partial charge in [-0.15, -0.1) is 0 Å². The van der Waals surface area contributed by atoms with Gasteiger partial charge in [0, 0.05) is 16.7 Å². The topological polar surface area (TPSA) is 67.5 Å². The summed E-state index contributed by atoms with van der Waals surface area (Å²) in [6.07, 6.45) is 2.05. The van der Waals surface area contributed by atoms with Crippen LogP contribution in [-0.2, 0) is 0 Å². The molecule has 0 saturated carbocycles. The van der Waals surface area contributed by atoms with Crippen LogP contribution in [0.25, 0.3) is 11.3 Å². The number of nitrogens with one attached hydrogen (secondary N) is 1. The van der Waals surface area contributed by atoms with Gasteiger partial charge in [0.25, 0.3) is 5.91 Å². The number of aromatic nitrogens is 2. The predicted molar refractivity (Wildman–Crippen MR) is 135 cm³/mol. The Balaban J connectivity index is 1.84. The molecule has 0 radical (unpaired) electrons. The number of hydrogen-bond acceptors (Lipinski definition) is 4. The van der Waals surface area contributed by atoms with Crippen molar-refractivity contribution < 1.29 is 14.3 Å². The molecule has 0 bridgehead atoms. The summed E-state index contributed by atoms with van der Waals surface area (Å²) in [5.74, 6) is 1.39. The third-order valence-electron chi connectivity index (χ3n) is 6.15. The third-order valence-corrected chi connectivity index (χ3v) is 6.15. The zero-order valence-corrected chi connectivity index (χ0v) is 21.1. The lowest BCUT2D eigenvalue weighted by Crippen LogP contribution is -2.44. The molecule has 0 saturated heterocycles. The van der Waals surface area contributed by atoms with E-state index in [9.17, 15) is 4.79 Å². The van der Waals surface area contributed by atoms with E-state index in [1.54, 1.807) is 0 Å². The maximum absolute atomic E-state index is 13.6. The van der Waals surface area contributed by atoms with E-state index in [1.807, 2.05) is 30.0 Å². The van der Waals surface area contributed by atoms with Crippen LogP contribution in [0.2, 0.25) is 0 Å². The van der Waals surface area contributed by atoms with Crippen LogP contribution >= 0.6 is 0 Å². The highest BCUT2D eigenvalue weighted by Gasteiger charge is 2.46. The molecule has 1 aromatic heterocycles. The fraction of sp³-hybridized carbons (Fsp3) is 0.429. The van der Waals surface area contributed by atoms with E-state index in [0.29, 0.717) is 24.7 Å². The smallest absolute Gasteiger partial charge is 0.273 e. The van der Waals surface area contributed by atoms with Gasteiger partial charge in [0.05, 0.1) is 24.9 Å². The van der Waals surface area contributed by atoms with Crippen LogP contribution in [0.15, 0.2) is 42.5 Å². The Morgan fingerprint density at radius 1 is 1.03 bits per heavy atom. The number of unbranched alkanes of at least 4 members (excludes halogenated alkanes) is 1. The van der Waals surface area contributed by atoms with Gasteiger partial charge in [-0.1, -0.05) is 49.2 Å². The minimum atomic E-state index is -0.395. The van der Waals surface area contributed by atoms with Gasteiger partial charge in [0.2, 0.25) is 0 Å². The Hall–Kier alpha value is -3.28. The van der Waals surface area contributed by atoms with Crippen LogP contribution in [-0.4, -0.2) is 39.8 Å². The normalized spacial score (nSPS) is 15.5. The lowest BCUT2D eigenvalue weighted by Gasteiger charge is -2.38. The number of fused-ring (bicyclic) bond motifs is 1. The summed E-state index contributed by atoms with van der Waals surface area (Å²) < 4.78 is 12.0. The number of hydrogen-bond donors (Lipinski definition) is 1. The second-order valence-electron chi connectivity index (χ2n) is 9.82. The molecule has 180 valence electrons. The summed E-state index contributed by atoms with van der Waals surface area (Å²) in [6, 6.07) is 14.0. The number of nitrogens with zero attached hydrogens (tertiary/aromatic N) is 2. The van der Waals surface area contributed by atoms with E-state index < -0.39 is 5.54 Å². The molecular formula is C28H35N3O3. The standard InChI is InChI=1S/C28H35N3O3/c1-7-9-16-34-21-15-14-20(17-22(21)33-8-2)26-23-24(19-12-10-18(3)11-13-19)29-30-25(23)27(32)31(26)28(4,5)6/h10-15,17,26H,7-9,16H2,1-6H3,(H,29,30). The molecule has 6 nitrogen and oxygen atoms in total. The lowest BCUT2D eigenvalue weighted by molar-refractivity contribution is 0.0545. The second-order valence-corrected chi connectivity index (χ2v) is 9.82. The second kappa shape index (κ2) is 9.53. The Morgan fingerprint density at radius 3 is 2.41 bits per heavy atom. The summed E-state index contributed by atoms with van der Waals surface area (Å²) in [5, 5.41) is 7.62.